The van der Waals surface area contributed by atoms with Crippen molar-refractivity contribution in [3.8, 4) is 0 Å². The van der Waals surface area contributed by atoms with Crippen LogP contribution in [0.25, 0.3) is 0 Å². The number of nitrogens with zero attached hydrogens (tertiary/aromatic N) is 2. The minimum absolute atomic E-state index is 0.323. The molecule has 0 atom stereocenters. The van der Waals surface area contributed by atoms with Crippen LogP contribution < -0.4 is 5.73 Å². The van der Waals surface area contributed by atoms with Crippen LogP contribution >= 0.6 is 0 Å². The van der Waals surface area contributed by atoms with E-state index in [1.807, 2.05) is 34.6 Å². The topological polar surface area (TPSA) is 79.5 Å². The molecule has 1 rings (SSSR count). The number of carbonyl (C=O) groups is 1. The lowest BCUT2D eigenvalue weighted by Crippen LogP contribution is -2.44. The van der Waals surface area contributed by atoms with Gasteiger partial charge in [-0.05, 0) is 51.8 Å². The van der Waals surface area contributed by atoms with E-state index in [9.17, 15) is 9.90 Å². The van der Waals surface area contributed by atoms with E-state index in [0.717, 1.165) is 16.8 Å². The number of nitrogen functional groups attached to an aromatic ring is 1. The lowest BCUT2D eigenvalue weighted by atomic mass is 10.0. The van der Waals surface area contributed by atoms with Crippen LogP contribution in [0, 0.1) is 13.8 Å². The molecule has 100 valence electrons. The molecule has 5 heteroatoms. The van der Waals surface area contributed by atoms with Gasteiger partial charge in [0.25, 0.3) is 0 Å². The highest BCUT2D eigenvalue weighted by molar-refractivity contribution is 5.66. The SMILES string of the molecule is Cc1cc(N)nc(C)c1CN(C(=O)O)C(C)(C)C. The van der Waals surface area contributed by atoms with E-state index < -0.39 is 11.6 Å². The smallest absolute Gasteiger partial charge is 0.408 e. The van der Waals surface area contributed by atoms with Gasteiger partial charge in [0.05, 0.1) is 6.54 Å². The summed E-state index contributed by atoms with van der Waals surface area (Å²) in [6, 6.07) is 1.77. The van der Waals surface area contributed by atoms with Crippen molar-refractivity contribution in [2.24, 2.45) is 0 Å². The number of amides is 1. The van der Waals surface area contributed by atoms with Crippen molar-refractivity contribution >= 4 is 11.9 Å². The summed E-state index contributed by atoms with van der Waals surface area (Å²) in [5.41, 5.74) is 7.88. The van der Waals surface area contributed by atoms with Crippen LogP contribution in [0.2, 0.25) is 0 Å². The number of pyridine rings is 1. The molecule has 0 aromatic carbocycles. The summed E-state index contributed by atoms with van der Waals surface area (Å²) < 4.78 is 0. The van der Waals surface area contributed by atoms with Crippen molar-refractivity contribution in [3.05, 3.63) is 22.9 Å². The summed E-state index contributed by atoms with van der Waals surface area (Å²) in [5, 5.41) is 9.29. The maximum atomic E-state index is 11.3. The zero-order chi connectivity index (χ0) is 14.1. The molecule has 0 aliphatic rings. The van der Waals surface area contributed by atoms with Gasteiger partial charge in [-0.1, -0.05) is 0 Å². The molecule has 3 N–H and O–H groups in total. The first kappa shape index (κ1) is 14.3. The Kier molecular flexibility index (Phi) is 3.84. The summed E-state index contributed by atoms with van der Waals surface area (Å²) >= 11 is 0. The third-order valence-corrected chi connectivity index (χ3v) is 2.93. The second-order valence-electron chi connectivity index (χ2n) is 5.47. The molecule has 18 heavy (non-hydrogen) atoms. The van der Waals surface area contributed by atoms with Gasteiger partial charge in [0, 0.05) is 11.2 Å². The highest BCUT2D eigenvalue weighted by Crippen LogP contribution is 2.22. The van der Waals surface area contributed by atoms with Gasteiger partial charge in [-0.25, -0.2) is 9.78 Å². The van der Waals surface area contributed by atoms with E-state index in [1.54, 1.807) is 6.07 Å². The Morgan fingerprint density at radius 3 is 2.39 bits per heavy atom. The zero-order valence-corrected chi connectivity index (χ0v) is 11.6. The predicted octanol–water partition coefficient (Wildman–Crippen LogP) is 2.56. The van der Waals surface area contributed by atoms with Crippen molar-refractivity contribution in [2.75, 3.05) is 5.73 Å². The molecule has 0 saturated carbocycles. The molecule has 0 radical (unpaired) electrons. The van der Waals surface area contributed by atoms with Crippen molar-refractivity contribution in [1.82, 2.24) is 9.88 Å². The molecule has 0 spiro atoms. The van der Waals surface area contributed by atoms with E-state index in [0.29, 0.717) is 12.4 Å². The van der Waals surface area contributed by atoms with Crippen LogP contribution in [-0.4, -0.2) is 26.6 Å². The van der Waals surface area contributed by atoms with E-state index in [4.69, 9.17) is 5.73 Å². The summed E-state index contributed by atoms with van der Waals surface area (Å²) in [6.07, 6.45) is -0.932. The molecule has 1 aromatic heterocycles. The molecular formula is C13H21N3O2. The van der Waals surface area contributed by atoms with Gasteiger partial charge in [0.1, 0.15) is 5.82 Å². The summed E-state index contributed by atoms with van der Waals surface area (Å²) in [4.78, 5) is 16.9. The first-order valence-corrected chi connectivity index (χ1v) is 5.86. The first-order valence-electron chi connectivity index (χ1n) is 5.86. The van der Waals surface area contributed by atoms with Crippen LogP contribution in [0.15, 0.2) is 6.07 Å². The molecule has 0 aliphatic carbocycles. The second kappa shape index (κ2) is 4.84. The predicted molar refractivity (Wildman–Crippen MR) is 71.4 cm³/mol. The first-order chi connectivity index (χ1) is 8.12. The Bertz CT molecular complexity index is 441. The van der Waals surface area contributed by atoms with Crippen molar-refractivity contribution in [1.29, 1.82) is 0 Å². The van der Waals surface area contributed by atoms with E-state index in [-0.39, 0.29) is 0 Å². The van der Waals surface area contributed by atoms with Gasteiger partial charge < -0.3 is 10.8 Å². The van der Waals surface area contributed by atoms with E-state index in [2.05, 4.69) is 4.98 Å². The van der Waals surface area contributed by atoms with Gasteiger partial charge >= 0.3 is 6.09 Å². The fourth-order valence-electron chi connectivity index (χ4n) is 1.88. The van der Waals surface area contributed by atoms with Gasteiger partial charge in [0.2, 0.25) is 0 Å². The van der Waals surface area contributed by atoms with Gasteiger partial charge in [-0.15, -0.1) is 0 Å². The minimum Gasteiger partial charge on any atom is -0.465 e. The molecule has 0 fully saturated rings. The fraction of sp³-hybridized carbons (Fsp3) is 0.538. The van der Waals surface area contributed by atoms with Crippen molar-refractivity contribution in [2.45, 2.75) is 46.7 Å². The van der Waals surface area contributed by atoms with Crippen LogP contribution in [-0.2, 0) is 6.54 Å². The lowest BCUT2D eigenvalue weighted by molar-refractivity contribution is 0.0953. The van der Waals surface area contributed by atoms with Crippen LogP contribution in [0.5, 0.6) is 0 Å². The Hall–Kier alpha value is -1.78. The fourth-order valence-corrected chi connectivity index (χ4v) is 1.88. The van der Waals surface area contributed by atoms with Crippen LogP contribution in [0.1, 0.15) is 37.6 Å². The molecule has 0 unspecified atom stereocenters. The Balaban J connectivity index is 3.13. The maximum Gasteiger partial charge on any atom is 0.408 e. The van der Waals surface area contributed by atoms with Gasteiger partial charge in [-0.2, -0.15) is 0 Å². The monoisotopic (exact) mass is 251 g/mol. The normalized spacial score (nSPS) is 11.4. The number of hydrogen-bond acceptors (Lipinski definition) is 3. The quantitative estimate of drug-likeness (QED) is 0.846. The molecule has 0 aliphatic heterocycles. The molecule has 0 bridgehead atoms. The summed E-state index contributed by atoms with van der Waals surface area (Å²) in [5.74, 6) is 0.464. The van der Waals surface area contributed by atoms with Crippen LogP contribution in [0.4, 0.5) is 10.6 Å². The number of aromatic nitrogens is 1. The molecule has 1 aromatic rings. The zero-order valence-electron chi connectivity index (χ0n) is 11.6. The maximum absolute atomic E-state index is 11.3. The minimum atomic E-state index is -0.932. The Labute approximate surface area is 108 Å². The summed E-state index contributed by atoms with van der Waals surface area (Å²) in [7, 11) is 0. The number of carboxylic acid groups (broad SMARTS) is 1. The standard InChI is InChI=1S/C13H21N3O2/c1-8-6-11(14)15-9(2)10(8)7-16(12(17)18)13(3,4)5/h6H,7H2,1-5H3,(H2,14,15)(H,17,18). The highest BCUT2D eigenvalue weighted by atomic mass is 16.4. The van der Waals surface area contributed by atoms with Crippen LogP contribution in [0.3, 0.4) is 0 Å². The molecule has 0 saturated heterocycles. The average Bonchev–Trinajstić information content (AvgIpc) is 2.12. The third-order valence-electron chi connectivity index (χ3n) is 2.93. The van der Waals surface area contributed by atoms with Gasteiger partial charge in [0.15, 0.2) is 0 Å². The number of aryl methyl sites for hydroxylation is 2. The molecular weight excluding hydrogens is 230 g/mol. The average molecular weight is 251 g/mol. The van der Waals surface area contributed by atoms with E-state index >= 15 is 0 Å². The highest BCUT2D eigenvalue weighted by Gasteiger charge is 2.27. The molecule has 1 heterocycles. The van der Waals surface area contributed by atoms with Crippen molar-refractivity contribution in [3.63, 3.8) is 0 Å². The third kappa shape index (κ3) is 3.12. The molecule has 1 amide bonds. The summed E-state index contributed by atoms with van der Waals surface area (Å²) in [6.45, 7) is 9.71. The number of anilines is 1. The Morgan fingerprint density at radius 1 is 1.44 bits per heavy atom. The van der Waals surface area contributed by atoms with E-state index in [1.165, 1.54) is 4.90 Å². The van der Waals surface area contributed by atoms with Gasteiger partial charge in [-0.3, -0.25) is 4.90 Å². The largest absolute Gasteiger partial charge is 0.465 e. The lowest BCUT2D eigenvalue weighted by Gasteiger charge is -2.33. The second-order valence-corrected chi connectivity index (χ2v) is 5.47. The number of rotatable bonds is 2. The number of nitrogens with two attached hydrogens (primary N) is 1. The van der Waals surface area contributed by atoms with Crippen molar-refractivity contribution < 1.29 is 9.90 Å². The number of hydrogen-bond donors (Lipinski definition) is 2. The molecule has 5 nitrogen and oxygen atoms in total. The Morgan fingerprint density at radius 2 is 2.00 bits per heavy atom.